The van der Waals surface area contributed by atoms with Crippen molar-refractivity contribution < 1.29 is 9.84 Å². The number of hydrogen-bond donors (Lipinski definition) is 2. The van der Waals surface area contributed by atoms with Gasteiger partial charge >= 0.3 is 0 Å². The summed E-state index contributed by atoms with van der Waals surface area (Å²) in [6, 6.07) is 20.9. The van der Waals surface area contributed by atoms with Gasteiger partial charge in [-0.2, -0.15) is 0 Å². The lowest BCUT2D eigenvalue weighted by atomic mass is 10.00. The summed E-state index contributed by atoms with van der Waals surface area (Å²) in [7, 11) is 1.63. The zero-order valence-corrected chi connectivity index (χ0v) is 16.3. The van der Waals surface area contributed by atoms with Crippen LogP contribution in [-0.4, -0.2) is 22.2 Å². The number of aromatic nitrogens is 2. The molecule has 0 fully saturated rings. The number of H-pyrrole nitrogens is 1. The molecular weight excluding hydrogens is 384 g/mol. The second-order valence-corrected chi connectivity index (χ2v) is 7.65. The zero-order chi connectivity index (χ0) is 20.0. The number of methoxy groups -OCH3 is 1. The minimum Gasteiger partial charge on any atom is -0.506 e. The summed E-state index contributed by atoms with van der Waals surface area (Å²) in [6.07, 6.45) is 0. The molecule has 2 aromatic carbocycles. The van der Waals surface area contributed by atoms with E-state index in [0.29, 0.717) is 10.2 Å². The molecule has 0 saturated heterocycles. The molecule has 5 rings (SSSR count). The van der Waals surface area contributed by atoms with E-state index in [1.54, 1.807) is 7.11 Å². The van der Waals surface area contributed by atoms with Gasteiger partial charge in [-0.05, 0) is 29.3 Å². The first-order valence-electron chi connectivity index (χ1n) is 9.03. The molecule has 6 heteroatoms. The van der Waals surface area contributed by atoms with Crippen molar-refractivity contribution in [1.82, 2.24) is 9.97 Å². The fourth-order valence-electron chi connectivity index (χ4n) is 3.50. The quantitative estimate of drug-likeness (QED) is 0.437. The summed E-state index contributed by atoms with van der Waals surface area (Å²) >= 11 is 1.37. The molecule has 0 saturated carbocycles. The van der Waals surface area contributed by atoms with Crippen LogP contribution < -0.4 is 10.3 Å². The van der Waals surface area contributed by atoms with Gasteiger partial charge in [0.15, 0.2) is 0 Å². The molecule has 3 heterocycles. The Bertz CT molecular complexity index is 1400. The Balaban J connectivity index is 1.89. The van der Waals surface area contributed by atoms with E-state index in [2.05, 4.69) is 4.98 Å². The second kappa shape index (κ2) is 6.76. The first-order valence-corrected chi connectivity index (χ1v) is 9.85. The van der Waals surface area contributed by atoms with Gasteiger partial charge in [0.25, 0.3) is 5.56 Å². The van der Waals surface area contributed by atoms with E-state index in [1.807, 2.05) is 60.7 Å². The van der Waals surface area contributed by atoms with Crippen molar-refractivity contribution in [1.29, 1.82) is 0 Å². The van der Waals surface area contributed by atoms with Gasteiger partial charge in [-0.1, -0.05) is 42.5 Å². The van der Waals surface area contributed by atoms with Crippen LogP contribution in [-0.2, 0) is 0 Å². The molecule has 0 aliphatic heterocycles. The highest BCUT2D eigenvalue weighted by Gasteiger charge is 2.18. The standard InChI is InChI=1S/C23H16N2O3S/c1-28-15-9-7-13(8-10-15)16-11-17(14-5-3-2-4-6-14)24-23-20(16)21-22(29-23)18(26)12-19(27)25-21/h2-12H,1H3,(H2,25,26,27). The largest absolute Gasteiger partial charge is 0.506 e. The van der Waals surface area contributed by atoms with Crippen LogP contribution in [0.25, 0.3) is 42.8 Å². The van der Waals surface area contributed by atoms with Crippen LogP contribution in [0, 0.1) is 0 Å². The fraction of sp³-hybridized carbons (Fsp3) is 0.0435. The minimum atomic E-state index is -0.345. The molecule has 0 amide bonds. The van der Waals surface area contributed by atoms with Crippen LogP contribution in [0.15, 0.2) is 71.5 Å². The van der Waals surface area contributed by atoms with Crippen molar-refractivity contribution in [2.24, 2.45) is 0 Å². The van der Waals surface area contributed by atoms with Gasteiger partial charge in [0.2, 0.25) is 0 Å². The third kappa shape index (κ3) is 2.94. The number of aromatic hydroxyl groups is 1. The van der Waals surface area contributed by atoms with E-state index in [0.717, 1.165) is 38.4 Å². The van der Waals surface area contributed by atoms with Gasteiger partial charge in [0.05, 0.1) is 23.0 Å². The van der Waals surface area contributed by atoms with Gasteiger partial charge < -0.3 is 14.8 Å². The van der Waals surface area contributed by atoms with E-state index in [-0.39, 0.29) is 11.3 Å². The second-order valence-electron chi connectivity index (χ2n) is 6.65. The number of rotatable bonds is 3. The normalized spacial score (nSPS) is 11.2. The van der Waals surface area contributed by atoms with Gasteiger partial charge in [-0.25, -0.2) is 4.98 Å². The Kier molecular flexibility index (Phi) is 4.07. The van der Waals surface area contributed by atoms with Crippen LogP contribution in [0.3, 0.4) is 0 Å². The van der Waals surface area contributed by atoms with Crippen molar-refractivity contribution in [3.8, 4) is 33.9 Å². The maximum absolute atomic E-state index is 12.0. The summed E-state index contributed by atoms with van der Waals surface area (Å²) in [4.78, 5) is 20.5. The minimum absolute atomic E-state index is 0.0336. The van der Waals surface area contributed by atoms with Gasteiger partial charge in [0.1, 0.15) is 16.3 Å². The van der Waals surface area contributed by atoms with E-state index < -0.39 is 0 Å². The van der Waals surface area contributed by atoms with Crippen LogP contribution in [0.5, 0.6) is 11.5 Å². The molecule has 3 aromatic heterocycles. The Morgan fingerprint density at radius 3 is 2.48 bits per heavy atom. The SMILES string of the molecule is COc1ccc(-c2cc(-c3ccccc3)nc3sc4c(O)cc(=O)[nH]c4c23)cc1. The fourth-order valence-corrected chi connectivity index (χ4v) is 4.57. The molecule has 0 radical (unpaired) electrons. The summed E-state index contributed by atoms with van der Waals surface area (Å²) < 4.78 is 5.90. The zero-order valence-electron chi connectivity index (χ0n) is 15.5. The monoisotopic (exact) mass is 400 g/mol. The van der Waals surface area contributed by atoms with Crippen LogP contribution in [0.4, 0.5) is 0 Å². The molecule has 0 atom stereocenters. The van der Waals surface area contributed by atoms with Crippen molar-refractivity contribution in [2.45, 2.75) is 0 Å². The molecule has 0 unspecified atom stereocenters. The predicted octanol–water partition coefficient (Wildman–Crippen LogP) is 5.19. The molecule has 29 heavy (non-hydrogen) atoms. The maximum atomic E-state index is 12.0. The molecule has 142 valence electrons. The molecule has 0 aliphatic rings. The number of hydrogen-bond acceptors (Lipinski definition) is 5. The van der Waals surface area contributed by atoms with Crippen molar-refractivity contribution in [2.75, 3.05) is 7.11 Å². The Hall–Kier alpha value is -3.64. The number of fused-ring (bicyclic) bond motifs is 3. The van der Waals surface area contributed by atoms with Crippen molar-refractivity contribution in [3.63, 3.8) is 0 Å². The Morgan fingerprint density at radius 2 is 1.76 bits per heavy atom. The van der Waals surface area contributed by atoms with Gasteiger partial charge in [-0.3, -0.25) is 4.79 Å². The number of ether oxygens (including phenoxy) is 1. The highest BCUT2D eigenvalue weighted by atomic mass is 32.1. The highest BCUT2D eigenvalue weighted by Crippen LogP contribution is 2.42. The summed E-state index contributed by atoms with van der Waals surface area (Å²) in [5, 5.41) is 11.1. The van der Waals surface area contributed by atoms with Crippen LogP contribution >= 0.6 is 11.3 Å². The van der Waals surface area contributed by atoms with Gasteiger partial charge in [-0.15, -0.1) is 11.3 Å². The van der Waals surface area contributed by atoms with E-state index in [4.69, 9.17) is 9.72 Å². The lowest BCUT2D eigenvalue weighted by molar-refractivity contribution is 0.415. The summed E-state index contributed by atoms with van der Waals surface area (Å²) in [5.74, 6) is 0.734. The Labute approximate surface area is 169 Å². The third-order valence-electron chi connectivity index (χ3n) is 4.88. The first-order chi connectivity index (χ1) is 14.1. The molecule has 5 aromatic rings. The number of aromatic amines is 1. The number of thiophene rings is 1. The lowest BCUT2D eigenvalue weighted by Gasteiger charge is -2.09. The number of nitrogens with zero attached hydrogens (tertiary/aromatic N) is 1. The number of nitrogens with one attached hydrogen (secondary N) is 1. The molecule has 5 nitrogen and oxygen atoms in total. The average molecular weight is 400 g/mol. The van der Waals surface area contributed by atoms with Gasteiger partial charge in [0, 0.05) is 17.0 Å². The lowest BCUT2D eigenvalue weighted by Crippen LogP contribution is -2.02. The molecule has 0 bridgehead atoms. The summed E-state index contributed by atoms with van der Waals surface area (Å²) in [5.41, 5.74) is 4.00. The molecule has 0 spiro atoms. The first kappa shape index (κ1) is 17.5. The summed E-state index contributed by atoms with van der Waals surface area (Å²) in [6.45, 7) is 0. The van der Waals surface area contributed by atoms with E-state index >= 15 is 0 Å². The predicted molar refractivity (Wildman–Crippen MR) is 117 cm³/mol. The number of pyridine rings is 2. The number of benzene rings is 2. The van der Waals surface area contributed by atoms with Crippen LogP contribution in [0.2, 0.25) is 0 Å². The van der Waals surface area contributed by atoms with Crippen LogP contribution in [0.1, 0.15) is 0 Å². The maximum Gasteiger partial charge on any atom is 0.252 e. The third-order valence-corrected chi connectivity index (χ3v) is 5.99. The smallest absolute Gasteiger partial charge is 0.252 e. The van der Waals surface area contributed by atoms with Crippen molar-refractivity contribution >= 4 is 31.8 Å². The average Bonchev–Trinajstić information content (AvgIpc) is 3.13. The molecule has 2 N–H and O–H groups in total. The Morgan fingerprint density at radius 1 is 1.00 bits per heavy atom. The highest BCUT2D eigenvalue weighted by molar-refractivity contribution is 7.25. The molecular formula is C23H16N2O3S. The van der Waals surface area contributed by atoms with E-state index in [9.17, 15) is 9.90 Å². The van der Waals surface area contributed by atoms with E-state index in [1.165, 1.54) is 17.4 Å². The molecule has 0 aliphatic carbocycles. The van der Waals surface area contributed by atoms with Crippen molar-refractivity contribution in [3.05, 3.63) is 77.1 Å². The topological polar surface area (TPSA) is 75.2 Å².